The smallest absolute Gasteiger partial charge is 0.379 e. The van der Waals surface area contributed by atoms with Crippen LogP contribution in [0.4, 0.5) is 0 Å². The molecule has 6 heteroatoms. The first kappa shape index (κ1) is 23.3. The topological polar surface area (TPSA) is 98.5 Å². The highest BCUT2D eigenvalue weighted by molar-refractivity contribution is 5.97. The van der Waals surface area contributed by atoms with Crippen molar-refractivity contribution in [2.24, 2.45) is 5.73 Å². The van der Waals surface area contributed by atoms with E-state index in [1.54, 1.807) is 18.2 Å². The average Bonchev–Trinajstić information content (AvgIpc) is 3.22. The van der Waals surface area contributed by atoms with Crippen LogP contribution >= 0.6 is 0 Å². The van der Waals surface area contributed by atoms with E-state index in [0.717, 1.165) is 39.6 Å². The van der Waals surface area contributed by atoms with Crippen LogP contribution in [-0.4, -0.2) is 5.97 Å². The molecule has 1 unspecified atom stereocenters. The molecule has 0 saturated heterocycles. The van der Waals surface area contributed by atoms with Crippen molar-refractivity contribution in [1.29, 1.82) is 5.26 Å². The molecule has 0 amide bonds. The lowest BCUT2D eigenvalue weighted by atomic mass is 9.83. The van der Waals surface area contributed by atoms with E-state index in [-0.39, 0.29) is 17.6 Å². The van der Waals surface area contributed by atoms with Crippen molar-refractivity contribution in [1.82, 2.24) is 0 Å². The fraction of sp³-hybridized carbons (Fsp3) is 0.200. The number of furan rings is 1. The van der Waals surface area contributed by atoms with E-state index in [1.807, 2.05) is 57.2 Å². The maximum atomic E-state index is 13.0. The molecular formula is C30H26N2O4. The number of fused-ring (bicyclic) bond motifs is 2. The first-order valence-electron chi connectivity index (χ1n) is 11.8. The molecule has 6 nitrogen and oxygen atoms in total. The number of nitriles is 1. The highest BCUT2D eigenvalue weighted by atomic mass is 16.5. The molecule has 180 valence electrons. The summed E-state index contributed by atoms with van der Waals surface area (Å²) in [4.78, 5) is 13.0. The number of allylic oxidation sites excluding steroid dienone is 1. The molecule has 2 N–H and O–H groups in total. The van der Waals surface area contributed by atoms with Gasteiger partial charge in [0.05, 0.1) is 5.92 Å². The molecule has 5 rings (SSSR count). The second-order valence-electron chi connectivity index (χ2n) is 9.05. The highest BCUT2D eigenvalue weighted by Crippen LogP contribution is 2.43. The number of carbonyl (C=O) groups excluding carboxylic acids is 1. The molecule has 1 aliphatic rings. The molecule has 1 atom stereocenters. The van der Waals surface area contributed by atoms with E-state index in [4.69, 9.17) is 19.6 Å². The van der Waals surface area contributed by atoms with Gasteiger partial charge in [0.1, 0.15) is 28.7 Å². The Balaban J connectivity index is 1.49. The van der Waals surface area contributed by atoms with Gasteiger partial charge in [0.2, 0.25) is 11.6 Å². The molecule has 0 spiro atoms. The quantitative estimate of drug-likeness (QED) is 0.271. The predicted molar refractivity (Wildman–Crippen MR) is 137 cm³/mol. The van der Waals surface area contributed by atoms with Crippen LogP contribution in [0, 0.1) is 32.1 Å². The number of nitrogens with zero attached hydrogens (tertiary/aromatic N) is 1. The van der Waals surface area contributed by atoms with E-state index in [0.29, 0.717) is 22.7 Å². The largest absolute Gasteiger partial charge is 0.448 e. The van der Waals surface area contributed by atoms with Crippen LogP contribution in [0.25, 0.3) is 11.0 Å². The Morgan fingerprint density at radius 2 is 1.81 bits per heavy atom. The molecule has 4 aromatic rings. The predicted octanol–water partition coefficient (Wildman–Crippen LogP) is 6.36. The van der Waals surface area contributed by atoms with Crippen LogP contribution in [0.1, 0.15) is 56.8 Å². The minimum absolute atomic E-state index is 0.0389. The van der Waals surface area contributed by atoms with E-state index in [1.165, 1.54) is 5.56 Å². The third-order valence-electron chi connectivity index (χ3n) is 6.93. The Labute approximate surface area is 209 Å². The number of hydrogen-bond donors (Lipinski definition) is 1. The lowest BCUT2D eigenvalue weighted by Crippen LogP contribution is -2.21. The molecular weight excluding hydrogens is 452 g/mol. The van der Waals surface area contributed by atoms with Crippen LogP contribution < -0.4 is 15.2 Å². The van der Waals surface area contributed by atoms with Gasteiger partial charge in [-0.05, 0) is 55.5 Å². The number of nitrogens with two attached hydrogens (primary N) is 1. The fourth-order valence-corrected chi connectivity index (χ4v) is 4.65. The number of hydrogen-bond acceptors (Lipinski definition) is 6. The van der Waals surface area contributed by atoms with Gasteiger partial charge in [0, 0.05) is 22.6 Å². The standard InChI is InChI=1S/C30H26N2O4/c1-5-19-7-9-20(10-8-19)26-23-13-11-21(14-25(23)35-29(32)24(26)15-31)34-30(33)28-18(4)22-12-6-16(2)17(3)27(22)36-28/h6-14,26H,5,32H2,1-4H3. The van der Waals surface area contributed by atoms with Gasteiger partial charge < -0.3 is 19.6 Å². The minimum Gasteiger partial charge on any atom is -0.448 e. The molecule has 0 saturated carbocycles. The van der Waals surface area contributed by atoms with E-state index in [2.05, 4.69) is 13.0 Å². The molecule has 1 aliphatic heterocycles. The van der Waals surface area contributed by atoms with Gasteiger partial charge in [-0.25, -0.2) is 4.79 Å². The zero-order valence-corrected chi connectivity index (χ0v) is 20.6. The number of benzene rings is 3. The minimum atomic E-state index is -0.593. The van der Waals surface area contributed by atoms with Crippen LogP contribution in [-0.2, 0) is 6.42 Å². The normalized spacial score (nSPS) is 14.8. The second kappa shape index (κ2) is 8.94. The Kier molecular flexibility index (Phi) is 5.77. The molecule has 0 fully saturated rings. The number of esters is 1. The van der Waals surface area contributed by atoms with E-state index >= 15 is 0 Å². The lowest BCUT2D eigenvalue weighted by Gasteiger charge is -2.26. The van der Waals surface area contributed by atoms with Crippen molar-refractivity contribution < 1.29 is 18.7 Å². The summed E-state index contributed by atoms with van der Waals surface area (Å²) in [5.41, 5.74) is 12.9. The SMILES string of the molecule is CCc1ccc(C2C(C#N)=C(N)Oc3cc(OC(=O)c4oc5c(C)c(C)ccc5c4C)ccc32)cc1. The maximum Gasteiger partial charge on any atom is 0.379 e. The molecule has 0 aliphatic carbocycles. The summed E-state index contributed by atoms with van der Waals surface area (Å²) >= 11 is 0. The van der Waals surface area contributed by atoms with Gasteiger partial charge in [-0.3, -0.25) is 0 Å². The first-order chi connectivity index (χ1) is 17.3. The maximum absolute atomic E-state index is 13.0. The monoisotopic (exact) mass is 478 g/mol. The first-order valence-corrected chi connectivity index (χ1v) is 11.8. The zero-order chi connectivity index (χ0) is 25.6. The lowest BCUT2D eigenvalue weighted by molar-refractivity contribution is 0.0702. The van der Waals surface area contributed by atoms with Crippen LogP contribution in [0.5, 0.6) is 11.5 Å². The Morgan fingerprint density at radius 3 is 2.50 bits per heavy atom. The van der Waals surface area contributed by atoms with Crippen LogP contribution in [0.15, 0.2) is 70.5 Å². The summed E-state index contributed by atoms with van der Waals surface area (Å²) in [7, 11) is 0. The summed E-state index contributed by atoms with van der Waals surface area (Å²) in [5.74, 6) is -0.0360. The van der Waals surface area contributed by atoms with Gasteiger partial charge in [-0.2, -0.15) is 5.26 Å². The second-order valence-corrected chi connectivity index (χ2v) is 9.05. The fourth-order valence-electron chi connectivity index (χ4n) is 4.65. The summed E-state index contributed by atoms with van der Waals surface area (Å²) in [5, 5.41) is 10.7. The summed E-state index contributed by atoms with van der Waals surface area (Å²) in [6, 6.07) is 19.4. The Morgan fingerprint density at radius 1 is 1.06 bits per heavy atom. The van der Waals surface area contributed by atoms with Crippen LogP contribution in [0.2, 0.25) is 0 Å². The number of rotatable bonds is 4. The summed E-state index contributed by atoms with van der Waals surface area (Å²) < 4.78 is 17.4. The van der Waals surface area contributed by atoms with Crippen molar-refractivity contribution in [2.45, 2.75) is 40.0 Å². The van der Waals surface area contributed by atoms with Crippen molar-refractivity contribution in [3.8, 4) is 17.6 Å². The number of aryl methyl sites for hydroxylation is 4. The molecule has 0 radical (unpaired) electrons. The highest BCUT2D eigenvalue weighted by Gasteiger charge is 2.31. The van der Waals surface area contributed by atoms with Gasteiger partial charge in [0.25, 0.3) is 0 Å². The third-order valence-corrected chi connectivity index (χ3v) is 6.93. The van der Waals surface area contributed by atoms with Crippen molar-refractivity contribution in [2.75, 3.05) is 0 Å². The number of carbonyl (C=O) groups is 1. The Hall–Kier alpha value is -4.50. The zero-order valence-electron chi connectivity index (χ0n) is 20.6. The van der Waals surface area contributed by atoms with Crippen LogP contribution in [0.3, 0.4) is 0 Å². The molecule has 1 aromatic heterocycles. The van der Waals surface area contributed by atoms with Crippen molar-refractivity contribution in [3.05, 3.63) is 105 Å². The molecule has 2 heterocycles. The summed E-state index contributed by atoms with van der Waals surface area (Å²) in [6.07, 6.45) is 0.923. The van der Waals surface area contributed by atoms with Gasteiger partial charge in [0.15, 0.2) is 0 Å². The van der Waals surface area contributed by atoms with E-state index in [9.17, 15) is 10.1 Å². The average molecular weight is 479 g/mol. The summed E-state index contributed by atoms with van der Waals surface area (Å²) in [6.45, 7) is 7.91. The van der Waals surface area contributed by atoms with Gasteiger partial charge in [-0.15, -0.1) is 0 Å². The van der Waals surface area contributed by atoms with Crippen molar-refractivity contribution in [3.63, 3.8) is 0 Å². The van der Waals surface area contributed by atoms with Crippen molar-refractivity contribution >= 4 is 16.9 Å². The third kappa shape index (κ3) is 3.79. The van der Waals surface area contributed by atoms with E-state index < -0.39 is 5.97 Å². The molecule has 36 heavy (non-hydrogen) atoms. The molecule has 3 aromatic carbocycles. The molecule has 0 bridgehead atoms. The van der Waals surface area contributed by atoms with Gasteiger partial charge in [-0.1, -0.05) is 49.4 Å². The number of ether oxygens (including phenoxy) is 2. The Bertz CT molecular complexity index is 1590. The van der Waals surface area contributed by atoms with Gasteiger partial charge >= 0.3 is 5.97 Å².